The molecule has 0 N–H and O–H groups in total. The first kappa shape index (κ1) is 15.7. The van der Waals surface area contributed by atoms with Crippen LogP contribution in [0.1, 0.15) is 19.8 Å². The second-order valence-corrected chi connectivity index (χ2v) is 7.68. The van der Waals surface area contributed by atoms with Crippen LogP contribution in [0.3, 0.4) is 0 Å². The smallest absolute Gasteiger partial charge is 0.225 e. The number of sulfonamides is 1. The van der Waals surface area contributed by atoms with Crippen LogP contribution in [-0.2, 0) is 14.8 Å². The van der Waals surface area contributed by atoms with Crippen molar-refractivity contribution in [3.05, 3.63) is 0 Å². The first-order valence-electron chi connectivity index (χ1n) is 7.38. The summed E-state index contributed by atoms with van der Waals surface area (Å²) in [7, 11) is -3.11. The maximum atomic E-state index is 12.4. The molecule has 0 saturated carbocycles. The van der Waals surface area contributed by atoms with Gasteiger partial charge in [-0.3, -0.25) is 4.79 Å². The van der Waals surface area contributed by atoms with Crippen molar-refractivity contribution in [1.82, 2.24) is 14.1 Å². The maximum Gasteiger partial charge on any atom is 0.225 e. The molecule has 2 heterocycles. The quantitative estimate of drug-likeness (QED) is 0.726. The van der Waals surface area contributed by atoms with Gasteiger partial charge in [-0.1, -0.05) is 6.92 Å². The molecule has 0 radical (unpaired) electrons. The van der Waals surface area contributed by atoms with E-state index in [2.05, 4.69) is 11.8 Å². The highest BCUT2D eigenvalue weighted by atomic mass is 32.2. The number of rotatable bonds is 3. The number of piperazine rings is 1. The van der Waals surface area contributed by atoms with Gasteiger partial charge in [-0.2, -0.15) is 0 Å². The van der Waals surface area contributed by atoms with Crippen LogP contribution in [-0.4, -0.2) is 80.5 Å². The fourth-order valence-corrected chi connectivity index (χ4v) is 3.85. The third-order valence-electron chi connectivity index (χ3n) is 4.40. The first-order chi connectivity index (χ1) is 9.41. The lowest BCUT2D eigenvalue weighted by Gasteiger charge is -2.37. The summed E-state index contributed by atoms with van der Waals surface area (Å²) >= 11 is 0. The molecule has 0 aromatic carbocycles. The molecule has 0 bridgehead atoms. The van der Waals surface area contributed by atoms with Gasteiger partial charge in [-0.25, -0.2) is 12.7 Å². The van der Waals surface area contributed by atoms with Crippen LogP contribution < -0.4 is 0 Å². The Labute approximate surface area is 121 Å². The Morgan fingerprint density at radius 2 is 1.60 bits per heavy atom. The number of amides is 1. The summed E-state index contributed by atoms with van der Waals surface area (Å²) in [5, 5.41) is 0. The van der Waals surface area contributed by atoms with Crippen LogP contribution in [0.5, 0.6) is 0 Å². The predicted molar refractivity (Wildman–Crippen MR) is 77.8 cm³/mol. The molecule has 2 aliphatic heterocycles. The summed E-state index contributed by atoms with van der Waals surface area (Å²) in [4.78, 5) is 16.7. The zero-order chi connectivity index (χ0) is 14.8. The van der Waals surface area contributed by atoms with Crippen LogP contribution in [0.4, 0.5) is 0 Å². The summed E-state index contributed by atoms with van der Waals surface area (Å²) in [5.41, 5.74) is 0. The van der Waals surface area contributed by atoms with Gasteiger partial charge in [-0.05, 0) is 19.4 Å². The van der Waals surface area contributed by atoms with Crippen LogP contribution in [0.15, 0.2) is 0 Å². The summed E-state index contributed by atoms with van der Waals surface area (Å²) in [6.07, 6.45) is 2.54. The Morgan fingerprint density at radius 1 is 1.05 bits per heavy atom. The van der Waals surface area contributed by atoms with Crippen LogP contribution in [0, 0.1) is 5.92 Å². The standard InChI is InChI=1S/C13H25N3O3S/c1-3-14-8-10-15(11-9-14)13(17)12-4-6-16(7-5-12)20(2,18)19/h12H,3-11H2,1-2H3. The van der Waals surface area contributed by atoms with Gasteiger partial charge in [-0.15, -0.1) is 0 Å². The van der Waals surface area contributed by atoms with Gasteiger partial charge in [0.15, 0.2) is 0 Å². The highest BCUT2D eigenvalue weighted by molar-refractivity contribution is 7.88. The van der Waals surface area contributed by atoms with Gasteiger partial charge in [0.2, 0.25) is 15.9 Å². The van der Waals surface area contributed by atoms with Gasteiger partial charge in [0.05, 0.1) is 6.26 Å². The maximum absolute atomic E-state index is 12.4. The lowest BCUT2D eigenvalue weighted by atomic mass is 9.96. The topological polar surface area (TPSA) is 60.9 Å². The average molecular weight is 303 g/mol. The molecule has 20 heavy (non-hydrogen) atoms. The zero-order valence-corrected chi connectivity index (χ0v) is 13.2. The number of hydrogen-bond donors (Lipinski definition) is 0. The van der Waals surface area contributed by atoms with Crippen LogP contribution >= 0.6 is 0 Å². The summed E-state index contributed by atoms with van der Waals surface area (Å²) < 4.78 is 24.4. The SMILES string of the molecule is CCN1CCN(C(=O)C2CCN(S(C)(=O)=O)CC2)CC1. The monoisotopic (exact) mass is 303 g/mol. The van der Waals surface area contributed by atoms with Crippen LogP contribution in [0.25, 0.3) is 0 Å². The Morgan fingerprint density at radius 3 is 2.05 bits per heavy atom. The number of carbonyl (C=O) groups excluding carboxylic acids is 1. The van der Waals surface area contributed by atoms with E-state index >= 15 is 0 Å². The van der Waals surface area contributed by atoms with Crippen molar-refractivity contribution in [3.63, 3.8) is 0 Å². The van der Waals surface area contributed by atoms with Crippen molar-refractivity contribution >= 4 is 15.9 Å². The molecular formula is C13H25N3O3S. The molecule has 2 saturated heterocycles. The number of likely N-dealkylation sites (N-methyl/N-ethyl adjacent to an activating group) is 1. The minimum atomic E-state index is -3.11. The Bertz CT molecular complexity index is 436. The molecule has 2 rings (SSSR count). The van der Waals surface area contributed by atoms with E-state index in [9.17, 15) is 13.2 Å². The van der Waals surface area contributed by atoms with Crippen molar-refractivity contribution in [2.75, 3.05) is 52.1 Å². The molecule has 1 amide bonds. The molecule has 2 fully saturated rings. The van der Waals surface area contributed by atoms with Crippen molar-refractivity contribution in [2.24, 2.45) is 5.92 Å². The van der Waals surface area contributed by atoms with E-state index in [1.807, 2.05) is 4.90 Å². The number of carbonyl (C=O) groups is 1. The summed E-state index contributed by atoms with van der Waals surface area (Å²) in [6, 6.07) is 0. The molecule has 0 aromatic heterocycles. The molecule has 7 heteroatoms. The van der Waals surface area contributed by atoms with Crippen molar-refractivity contribution in [2.45, 2.75) is 19.8 Å². The zero-order valence-electron chi connectivity index (χ0n) is 12.4. The average Bonchev–Trinajstić information content (AvgIpc) is 2.46. The van der Waals surface area contributed by atoms with Gasteiger partial charge >= 0.3 is 0 Å². The molecule has 0 atom stereocenters. The lowest BCUT2D eigenvalue weighted by molar-refractivity contribution is -0.138. The third-order valence-corrected chi connectivity index (χ3v) is 5.71. The largest absolute Gasteiger partial charge is 0.340 e. The predicted octanol–water partition coefficient (Wildman–Crippen LogP) is -0.178. The van der Waals surface area contributed by atoms with E-state index in [1.165, 1.54) is 10.6 Å². The molecule has 0 unspecified atom stereocenters. The van der Waals surface area contributed by atoms with Crippen molar-refractivity contribution < 1.29 is 13.2 Å². The Hall–Kier alpha value is -0.660. The molecule has 116 valence electrons. The molecule has 6 nitrogen and oxygen atoms in total. The fraction of sp³-hybridized carbons (Fsp3) is 0.923. The normalized spacial score (nSPS) is 24.0. The van der Waals surface area contributed by atoms with E-state index in [0.717, 1.165) is 32.7 Å². The van der Waals surface area contributed by atoms with Gasteiger partial charge < -0.3 is 9.80 Å². The summed E-state index contributed by atoms with van der Waals surface area (Å²) in [5.74, 6) is 0.218. The highest BCUT2D eigenvalue weighted by Gasteiger charge is 2.32. The van der Waals surface area contributed by atoms with Gasteiger partial charge in [0.25, 0.3) is 0 Å². The number of piperidine rings is 1. The minimum absolute atomic E-state index is 0.00109. The number of hydrogen-bond acceptors (Lipinski definition) is 4. The van der Waals surface area contributed by atoms with E-state index in [-0.39, 0.29) is 11.8 Å². The lowest BCUT2D eigenvalue weighted by Crippen LogP contribution is -2.51. The van der Waals surface area contributed by atoms with Crippen molar-refractivity contribution in [1.29, 1.82) is 0 Å². The molecule has 0 aliphatic carbocycles. The van der Waals surface area contributed by atoms with Crippen molar-refractivity contribution in [3.8, 4) is 0 Å². The second kappa shape index (κ2) is 6.41. The molecule has 0 spiro atoms. The van der Waals surface area contributed by atoms with E-state index in [4.69, 9.17) is 0 Å². The molecule has 0 aromatic rings. The summed E-state index contributed by atoms with van der Waals surface area (Å²) in [6.45, 7) is 7.63. The fourth-order valence-electron chi connectivity index (χ4n) is 2.98. The minimum Gasteiger partial charge on any atom is -0.340 e. The Kier molecular flexibility index (Phi) is 5.04. The van der Waals surface area contributed by atoms with Crippen LogP contribution in [0.2, 0.25) is 0 Å². The van der Waals surface area contributed by atoms with E-state index in [1.54, 1.807) is 0 Å². The second-order valence-electron chi connectivity index (χ2n) is 5.70. The molecule has 2 aliphatic rings. The van der Waals surface area contributed by atoms with Gasteiger partial charge in [0.1, 0.15) is 0 Å². The highest BCUT2D eigenvalue weighted by Crippen LogP contribution is 2.21. The van der Waals surface area contributed by atoms with Gasteiger partial charge in [0, 0.05) is 45.2 Å². The van der Waals surface area contributed by atoms with E-state index in [0.29, 0.717) is 25.9 Å². The molecular weight excluding hydrogens is 278 g/mol. The van der Waals surface area contributed by atoms with E-state index < -0.39 is 10.0 Å². The third kappa shape index (κ3) is 3.71. The Balaban J connectivity index is 1.83. The first-order valence-corrected chi connectivity index (χ1v) is 9.23. The number of nitrogens with zero attached hydrogens (tertiary/aromatic N) is 3.